The summed E-state index contributed by atoms with van der Waals surface area (Å²) in [5, 5.41) is 10.5. The number of aromatic amines is 2. The molecule has 2 aliphatic heterocycles. The number of benzene rings is 2. The molecule has 0 spiro atoms. The number of rotatable bonds is 2. The number of hydrogen-bond acceptors (Lipinski definition) is 3. The molecule has 0 atom stereocenters. The van der Waals surface area contributed by atoms with E-state index in [0.29, 0.717) is 6.42 Å². The summed E-state index contributed by atoms with van der Waals surface area (Å²) in [6.07, 6.45) is 9.11. The first-order valence-corrected chi connectivity index (χ1v) is 13.2. The van der Waals surface area contributed by atoms with Gasteiger partial charge in [-0.15, -0.1) is 0 Å². The summed E-state index contributed by atoms with van der Waals surface area (Å²) in [4.78, 5) is 25.6. The minimum absolute atomic E-state index is 0.292. The molecular formula is C34H30N4O2. The van der Waals surface area contributed by atoms with Gasteiger partial charge in [-0.3, -0.25) is 4.79 Å². The predicted octanol–water partition coefficient (Wildman–Crippen LogP) is 8.37. The third kappa shape index (κ3) is 7.20. The number of nitrogens with zero attached hydrogens (tertiary/aromatic N) is 2. The molecule has 40 heavy (non-hydrogen) atoms. The summed E-state index contributed by atoms with van der Waals surface area (Å²) >= 11 is 0. The van der Waals surface area contributed by atoms with Crippen molar-refractivity contribution in [3.05, 3.63) is 120 Å². The Morgan fingerprint density at radius 1 is 0.600 bits per heavy atom. The topological polar surface area (TPSA) is 94.7 Å². The van der Waals surface area contributed by atoms with E-state index in [2.05, 4.69) is 92.7 Å². The zero-order valence-electron chi connectivity index (χ0n) is 22.2. The van der Waals surface area contributed by atoms with Crippen molar-refractivity contribution in [3.8, 4) is 0 Å². The molecule has 0 unspecified atom stereocenters. The van der Waals surface area contributed by atoms with E-state index in [1.165, 1.54) is 10.8 Å². The third-order valence-electron chi connectivity index (χ3n) is 6.16. The van der Waals surface area contributed by atoms with Gasteiger partial charge in [-0.1, -0.05) is 55.5 Å². The Balaban J connectivity index is 0.000000166. The van der Waals surface area contributed by atoms with Crippen molar-refractivity contribution < 1.29 is 9.90 Å². The van der Waals surface area contributed by atoms with Crippen molar-refractivity contribution in [2.75, 3.05) is 0 Å². The molecule has 0 saturated carbocycles. The maximum atomic E-state index is 9.60. The molecule has 5 heterocycles. The molecule has 198 valence electrons. The molecular weight excluding hydrogens is 496 g/mol. The zero-order chi connectivity index (χ0) is 27.7. The summed E-state index contributed by atoms with van der Waals surface area (Å²) in [6, 6.07) is 33.1. The molecule has 0 radical (unpaired) electrons. The van der Waals surface area contributed by atoms with Gasteiger partial charge in [0.2, 0.25) is 0 Å². The molecule has 2 aromatic carbocycles. The lowest BCUT2D eigenvalue weighted by Gasteiger charge is -1.92. The minimum Gasteiger partial charge on any atom is -0.481 e. The van der Waals surface area contributed by atoms with Gasteiger partial charge in [-0.2, -0.15) is 0 Å². The quantitative estimate of drug-likeness (QED) is 0.211. The van der Waals surface area contributed by atoms with Crippen LogP contribution in [0.4, 0.5) is 0 Å². The van der Waals surface area contributed by atoms with Gasteiger partial charge in [-0.25, -0.2) is 9.97 Å². The number of aromatic nitrogens is 4. The number of H-pyrrole nitrogens is 2. The molecule has 0 amide bonds. The Bertz CT molecular complexity index is 1620. The normalized spacial score (nSPS) is 11.3. The Labute approximate surface area is 232 Å². The summed E-state index contributed by atoms with van der Waals surface area (Å²) in [6.45, 7) is 1.84. The monoisotopic (exact) mass is 526 g/mol. The smallest absolute Gasteiger partial charge is 0.303 e. The lowest BCUT2D eigenvalue weighted by atomic mass is 10.1. The molecule has 6 nitrogen and oxygen atoms in total. The standard InChI is InChI=1S/C20H14N4.C10H8.C4H8O2/c1-2-14-10-16-5-6-18(23-16)12-20-8-7-19(24-20)11-17-4-3-15(22-17)9-13(1)21-14;1-2-6-10-8-4-3-7-9(10)5-1;1-2-3-4(5)6/h1-12,21,24H;1-8H;2-3H2,1H3,(H,5,6). The number of aliphatic carboxylic acids is 1. The average molecular weight is 527 g/mol. The highest BCUT2D eigenvalue weighted by molar-refractivity contribution is 5.82. The van der Waals surface area contributed by atoms with Crippen LogP contribution in [-0.2, 0) is 4.79 Å². The van der Waals surface area contributed by atoms with Crippen LogP contribution in [0.5, 0.6) is 0 Å². The van der Waals surface area contributed by atoms with Crippen LogP contribution >= 0.6 is 0 Å². The average Bonchev–Trinajstić information content (AvgIpc) is 3.76. The van der Waals surface area contributed by atoms with E-state index >= 15 is 0 Å². The van der Waals surface area contributed by atoms with Gasteiger partial charge < -0.3 is 15.1 Å². The highest BCUT2D eigenvalue weighted by atomic mass is 16.4. The van der Waals surface area contributed by atoms with E-state index in [-0.39, 0.29) is 0 Å². The van der Waals surface area contributed by atoms with Gasteiger partial charge >= 0.3 is 5.97 Å². The highest BCUT2D eigenvalue weighted by Gasteiger charge is 2.01. The van der Waals surface area contributed by atoms with Crippen LogP contribution in [0.2, 0.25) is 0 Å². The number of carboxylic acids is 1. The zero-order valence-corrected chi connectivity index (χ0v) is 22.2. The molecule has 0 saturated heterocycles. The first kappa shape index (κ1) is 26.4. The van der Waals surface area contributed by atoms with Crippen molar-refractivity contribution in [1.29, 1.82) is 0 Å². The van der Waals surface area contributed by atoms with E-state index < -0.39 is 5.97 Å². The molecule has 7 rings (SSSR count). The molecule has 5 aromatic rings. The van der Waals surface area contributed by atoms with Crippen LogP contribution in [0.25, 0.3) is 57.1 Å². The van der Waals surface area contributed by atoms with Crippen molar-refractivity contribution in [2.24, 2.45) is 0 Å². The number of nitrogens with one attached hydrogen (secondary N) is 2. The Hall–Kier alpha value is -5.23. The second-order valence-electron chi connectivity index (χ2n) is 9.40. The lowest BCUT2D eigenvalue weighted by molar-refractivity contribution is -0.137. The summed E-state index contributed by atoms with van der Waals surface area (Å²) < 4.78 is 0. The molecule has 8 bridgehead atoms. The van der Waals surface area contributed by atoms with Crippen LogP contribution < -0.4 is 0 Å². The molecule has 3 N–H and O–H groups in total. The molecule has 3 aromatic heterocycles. The Kier molecular flexibility index (Phi) is 8.27. The van der Waals surface area contributed by atoms with Crippen molar-refractivity contribution >= 4 is 63.1 Å². The molecule has 0 fully saturated rings. The van der Waals surface area contributed by atoms with E-state index in [1.807, 2.05) is 55.5 Å². The van der Waals surface area contributed by atoms with Crippen LogP contribution in [0.3, 0.4) is 0 Å². The van der Waals surface area contributed by atoms with Gasteiger partial charge in [0.25, 0.3) is 0 Å². The van der Waals surface area contributed by atoms with E-state index in [1.54, 1.807) is 0 Å². The minimum atomic E-state index is -0.711. The first-order chi connectivity index (χ1) is 19.5. The fourth-order valence-electron chi connectivity index (χ4n) is 4.29. The maximum Gasteiger partial charge on any atom is 0.303 e. The number of carbonyl (C=O) groups is 1. The fraction of sp³-hybridized carbons (Fsp3) is 0.0882. The number of fused-ring (bicyclic) bond motifs is 9. The van der Waals surface area contributed by atoms with E-state index in [4.69, 9.17) is 5.11 Å². The second kappa shape index (κ2) is 12.5. The van der Waals surface area contributed by atoms with Crippen LogP contribution in [0.1, 0.15) is 42.5 Å². The van der Waals surface area contributed by atoms with Gasteiger partial charge in [-0.05, 0) is 90.0 Å². The summed E-state index contributed by atoms with van der Waals surface area (Å²) in [5.41, 5.74) is 7.86. The predicted molar refractivity (Wildman–Crippen MR) is 165 cm³/mol. The van der Waals surface area contributed by atoms with Crippen molar-refractivity contribution in [3.63, 3.8) is 0 Å². The van der Waals surface area contributed by atoms with Gasteiger partial charge in [0.1, 0.15) is 0 Å². The molecule has 2 aliphatic rings. The summed E-state index contributed by atoms with van der Waals surface area (Å²) in [7, 11) is 0. The molecule has 0 aliphatic carbocycles. The van der Waals surface area contributed by atoms with E-state index in [0.717, 1.165) is 51.3 Å². The Morgan fingerprint density at radius 2 is 0.925 bits per heavy atom. The SMILES string of the molecule is C1=Cc2cc3ccc(cc4nc(cc5ccc(cc1n2)[nH]5)C=C4)[nH]3.CCCC(=O)O.c1ccc2ccccc2c1. The maximum absolute atomic E-state index is 9.60. The lowest BCUT2D eigenvalue weighted by Crippen LogP contribution is -1.90. The van der Waals surface area contributed by atoms with E-state index in [9.17, 15) is 4.79 Å². The largest absolute Gasteiger partial charge is 0.481 e. The summed E-state index contributed by atoms with van der Waals surface area (Å²) in [5.74, 6) is -0.711. The first-order valence-electron chi connectivity index (χ1n) is 13.2. The number of hydrogen-bond donors (Lipinski definition) is 3. The third-order valence-corrected chi connectivity index (χ3v) is 6.16. The van der Waals surface area contributed by atoms with Gasteiger partial charge in [0, 0.05) is 28.5 Å². The highest BCUT2D eigenvalue weighted by Crippen LogP contribution is 2.17. The van der Waals surface area contributed by atoms with Crippen LogP contribution in [0.15, 0.2) is 97.1 Å². The molecule has 6 heteroatoms. The Morgan fingerprint density at radius 3 is 1.18 bits per heavy atom. The van der Waals surface area contributed by atoms with Crippen LogP contribution in [0, 0.1) is 0 Å². The van der Waals surface area contributed by atoms with Crippen LogP contribution in [-0.4, -0.2) is 31.0 Å². The van der Waals surface area contributed by atoms with Gasteiger partial charge in [0.05, 0.1) is 22.8 Å². The van der Waals surface area contributed by atoms with Crippen molar-refractivity contribution in [1.82, 2.24) is 19.9 Å². The second-order valence-corrected chi connectivity index (χ2v) is 9.40. The van der Waals surface area contributed by atoms with Gasteiger partial charge in [0.15, 0.2) is 0 Å². The fourth-order valence-corrected chi connectivity index (χ4v) is 4.29. The van der Waals surface area contributed by atoms with Crippen molar-refractivity contribution in [2.45, 2.75) is 19.8 Å². The number of carboxylic acid groups (broad SMARTS) is 1.